The molecule has 2 aromatic rings. The molecule has 20 heavy (non-hydrogen) atoms. The first kappa shape index (κ1) is 15.1. The van der Waals surface area contributed by atoms with Crippen LogP contribution in [0.15, 0.2) is 29.3 Å². The molecule has 0 saturated heterocycles. The first-order chi connectivity index (χ1) is 9.40. The molecule has 3 nitrogen and oxygen atoms in total. The number of aromatic nitrogens is 2. The van der Waals surface area contributed by atoms with Crippen molar-refractivity contribution in [1.29, 1.82) is 0 Å². The third kappa shape index (κ3) is 3.61. The Hall–Kier alpha value is -1.33. The smallest absolute Gasteiger partial charge is 0.137 e. The van der Waals surface area contributed by atoms with Gasteiger partial charge in [-0.2, -0.15) is 5.10 Å². The zero-order valence-corrected chi connectivity index (χ0v) is 13.1. The van der Waals surface area contributed by atoms with Gasteiger partial charge < -0.3 is 5.32 Å². The molecule has 5 heteroatoms. The number of hydrogen-bond acceptors (Lipinski definition) is 3. The molecule has 0 radical (unpaired) electrons. The quantitative estimate of drug-likeness (QED) is 0.842. The number of nitrogens with zero attached hydrogens (tertiary/aromatic N) is 1. The van der Waals surface area contributed by atoms with E-state index in [4.69, 9.17) is 0 Å². The van der Waals surface area contributed by atoms with Crippen molar-refractivity contribution in [3.8, 4) is 11.3 Å². The van der Waals surface area contributed by atoms with Gasteiger partial charge in [0.25, 0.3) is 0 Å². The van der Waals surface area contributed by atoms with Crippen molar-refractivity contribution in [3.63, 3.8) is 0 Å². The molecule has 1 heterocycles. The lowest BCUT2D eigenvalue weighted by Crippen LogP contribution is -2.35. The summed E-state index contributed by atoms with van der Waals surface area (Å²) in [5.41, 5.74) is 2.76. The summed E-state index contributed by atoms with van der Waals surface area (Å²) < 4.78 is 13.9. The van der Waals surface area contributed by atoms with Crippen molar-refractivity contribution in [2.24, 2.45) is 0 Å². The number of H-pyrrole nitrogens is 1. The Kier molecular flexibility index (Phi) is 4.50. The molecule has 0 spiro atoms. The Morgan fingerprint density at radius 3 is 2.70 bits per heavy atom. The monoisotopic (exact) mass is 293 g/mol. The number of aromatic amines is 1. The second kappa shape index (κ2) is 5.97. The SMILES string of the molecule is CSc1ccc(-c2[nH]ncc2CNC(C)(C)C)cc1F. The molecule has 1 aromatic heterocycles. The molecule has 0 fully saturated rings. The van der Waals surface area contributed by atoms with E-state index >= 15 is 0 Å². The van der Waals surface area contributed by atoms with Crippen LogP contribution in [0, 0.1) is 5.82 Å². The van der Waals surface area contributed by atoms with Crippen LogP contribution in [0.1, 0.15) is 26.3 Å². The van der Waals surface area contributed by atoms with Crippen LogP contribution in [0.4, 0.5) is 4.39 Å². The van der Waals surface area contributed by atoms with Crippen LogP contribution in [-0.2, 0) is 6.54 Å². The van der Waals surface area contributed by atoms with E-state index in [0.29, 0.717) is 11.4 Å². The normalized spacial score (nSPS) is 11.8. The van der Waals surface area contributed by atoms with Gasteiger partial charge in [-0.15, -0.1) is 11.8 Å². The van der Waals surface area contributed by atoms with E-state index < -0.39 is 0 Å². The Morgan fingerprint density at radius 2 is 2.10 bits per heavy atom. The van der Waals surface area contributed by atoms with Gasteiger partial charge in [-0.25, -0.2) is 4.39 Å². The summed E-state index contributed by atoms with van der Waals surface area (Å²) in [4.78, 5) is 0.655. The van der Waals surface area contributed by atoms with E-state index in [1.54, 1.807) is 18.3 Å². The minimum Gasteiger partial charge on any atom is -0.308 e. The minimum atomic E-state index is -0.195. The van der Waals surface area contributed by atoms with Crippen molar-refractivity contribution in [3.05, 3.63) is 35.8 Å². The second-order valence-electron chi connectivity index (χ2n) is 5.72. The Bertz CT molecular complexity index is 587. The van der Waals surface area contributed by atoms with Crippen LogP contribution in [0.2, 0.25) is 0 Å². The number of thioether (sulfide) groups is 1. The lowest BCUT2D eigenvalue weighted by Gasteiger charge is -2.20. The third-order valence-corrected chi connectivity index (χ3v) is 3.74. The number of nitrogens with one attached hydrogen (secondary N) is 2. The van der Waals surface area contributed by atoms with Crippen LogP contribution in [0.3, 0.4) is 0 Å². The highest BCUT2D eigenvalue weighted by Gasteiger charge is 2.13. The maximum atomic E-state index is 13.9. The van der Waals surface area contributed by atoms with E-state index in [1.807, 2.05) is 12.3 Å². The summed E-state index contributed by atoms with van der Waals surface area (Å²) in [6.07, 6.45) is 3.65. The van der Waals surface area contributed by atoms with E-state index in [2.05, 4.69) is 36.3 Å². The largest absolute Gasteiger partial charge is 0.308 e. The molecule has 0 aliphatic carbocycles. The predicted molar refractivity (Wildman–Crippen MR) is 82.4 cm³/mol. The standard InChI is InChI=1S/C15H20FN3S/c1-15(2,3)17-8-11-9-18-19-14(11)10-5-6-13(20-4)12(16)7-10/h5-7,9,17H,8H2,1-4H3,(H,18,19). The third-order valence-electron chi connectivity index (χ3n) is 2.97. The molecule has 0 bridgehead atoms. The van der Waals surface area contributed by atoms with Gasteiger partial charge in [-0.3, -0.25) is 5.10 Å². The van der Waals surface area contributed by atoms with Gasteiger partial charge in [-0.1, -0.05) is 6.07 Å². The minimum absolute atomic E-state index is 0.0303. The molecular weight excluding hydrogens is 273 g/mol. The van der Waals surface area contributed by atoms with Crippen molar-refractivity contribution in [1.82, 2.24) is 15.5 Å². The van der Waals surface area contributed by atoms with E-state index in [9.17, 15) is 4.39 Å². The van der Waals surface area contributed by atoms with Gasteiger partial charge >= 0.3 is 0 Å². The van der Waals surface area contributed by atoms with Gasteiger partial charge in [0, 0.05) is 28.1 Å². The van der Waals surface area contributed by atoms with E-state index in [-0.39, 0.29) is 11.4 Å². The van der Waals surface area contributed by atoms with Gasteiger partial charge in [0.2, 0.25) is 0 Å². The number of benzene rings is 1. The molecule has 2 rings (SSSR count). The van der Waals surface area contributed by atoms with Crippen LogP contribution in [-0.4, -0.2) is 22.0 Å². The summed E-state index contributed by atoms with van der Waals surface area (Å²) in [6, 6.07) is 5.28. The Morgan fingerprint density at radius 1 is 1.35 bits per heavy atom. The van der Waals surface area contributed by atoms with Crippen LogP contribution in [0.5, 0.6) is 0 Å². The molecule has 0 aliphatic heterocycles. The molecule has 108 valence electrons. The number of rotatable bonds is 4. The zero-order chi connectivity index (χ0) is 14.8. The highest BCUT2D eigenvalue weighted by atomic mass is 32.2. The fraction of sp³-hybridized carbons (Fsp3) is 0.400. The highest BCUT2D eigenvalue weighted by Crippen LogP contribution is 2.27. The second-order valence-corrected chi connectivity index (χ2v) is 6.57. The fourth-order valence-corrected chi connectivity index (χ4v) is 2.34. The van der Waals surface area contributed by atoms with Gasteiger partial charge in [-0.05, 0) is 39.2 Å². The van der Waals surface area contributed by atoms with E-state index in [1.165, 1.54) is 11.8 Å². The molecule has 0 unspecified atom stereocenters. The fourth-order valence-electron chi connectivity index (χ4n) is 1.88. The van der Waals surface area contributed by atoms with Crippen LogP contribution < -0.4 is 5.32 Å². The lowest BCUT2D eigenvalue weighted by molar-refractivity contribution is 0.424. The lowest BCUT2D eigenvalue weighted by atomic mass is 10.1. The van der Waals surface area contributed by atoms with Gasteiger partial charge in [0.15, 0.2) is 0 Å². The van der Waals surface area contributed by atoms with Crippen molar-refractivity contribution >= 4 is 11.8 Å². The molecular formula is C15H20FN3S. The summed E-state index contributed by atoms with van der Waals surface area (Å²) in [5.74, 6) is -0.195. The molecule has 2 N–H and O–H groups in total. The predicted octanol–water partition coefficient (Wildman–Crippen LogP) is 3.83. The summed E-state index contributed by atoms with van der Waals surface area (Å²) in [5, 5.41) is 10.5. The number of halogens is 1. The van der Waals surface area contributed by atoms with Crippen LogP contribution in [0.25, 0.3) is 11.3 Å². The topological polar surface area (TPSA) is 40.7 Å². The average Bonchev–Trinajstić information content (AvgIpc) is 2.83. The molecule has 0 amide bonds. The van der Waals surface area contributed by atoms with Crippen molar-refractivity contribution in [2.75, 3.05) is 6.26 Å². The molecule has 1 aromatic carbocycles. The van der Waals surface area contributed by atoms with Gasteiger partial charge in [0.1, 0.15) is 5.82 Å². The summed E-state index contributed by atoms with van der Waals surface area (Å²) in [7, 11) is 0. The zero-order valence-electron chi connectivity index (χ0n) is 12.2. The van der Waals surface area contributed by atoms with Gasteiger partial charge in [0.05, 0.1) is 11.9 Å². The number of hydrogen-bond donors (Lipinski definition) is 2. The highest BCUT2D eigenvalue weighted by molar-refractivity contribution is 7.98. The Labute approximate surface area is 123 Å². The van der Waals surface area contributed by atoms with E-state index in [0.717, 1.165) is 16.8 Å². The summed E-state index contributed by atoms with van der Waals surface area (Å²) >= 11 is 1.41. The summed E-state index contributed by atoms with van der Waals surface area (Å²) in [6.45, 7) is 7.03. The Balaban J connectivity index is 2.25. The average molecular weight is 293 g/mol. The maximum absolute atomic E-state index is 13.9. The molecule has 0 aliphatic rings. The van der Waals surface area contributed by atoms with Crippen molar-refractivity contribution in [2.45, 2.75) is 37.8 Å². The first-order valence-electron chi connectivity index (χ1n) is 6.52. The molecule has 0 saturated carbocycles. The first-order valence-corrected chi connectivity index (χ1v) is 7.74. The van der Waals surface area contributed by atoms with Crippen LogP contribution >= 0.6 is 11.8 Å². The molecule has 0 atom stereocenters. The maximum Gasteiger partial charge on any atom is 0.137 e. The van der Waals surface area contributed by atoms with Crippen molar-refractivity contribution < 1.29 is 4.39 Å².